The number of rotatable bonds is 4. The average Bonchev–Trinajstić information content (AvgIpc) is 3.24. The van der Waals surface area contributed by atoms with Gasteiger partial charge in [-0.25, -0.2) is 20.0 Å². The number of nitrogens with one attached hydrogen (secondary N) is 1. The van der Waals surface area contributed by atoms with Gasteiger partial charge in [0.2, 0.25) is 11.9 Å². The van der Waals surface area contributed by atoms with Gasteiger partial charge in [-0.1, -0.05) is 12.1 Å². The van der Waals surface area contributed by atoms with E-state index in [1.54, 1.807) is 0 Å². The molecule has 3 heterocycles. The van der Waals surface area contributed by atoms with Crippen molar-refractivity contribution in [3.63, 3.8) is 0 Å². The van der Waals surface area contributed by atoms with Crippen molar-refractivity contribution in [2.45, 2.75) is 30.7 Å². The van der Waals surface area contributed by atoms with Crippen LogP contribution >= 0.6 is 21.4 Å². The van der Waals surface area contributed by atoms with Crippen molar-refractivity contribution < 1.29 is 9.59 Å². The Kier molecular flexibility index (Phi) is 7.76. The molecule has 2 amide bonds. The van der Waals surface area contributed by atoms with Crippen molar-refractivity contribution in [1.29, 1.82) is 0 Å². The second kappa shape index (κ2) is 10.8. The van der Waals surface area contributed by atoms with Crippen molar-refractivity contribution in [2.24, 2.45) is 21.6 Å². The van der Waals surface area contributed by atoms with Crippen LogP contribution in [0.15, 0.2) is 51.3 Å². The van der Waals surface area contributed by atoms with Crippen LogP contribution in [0.3, 0.4) is 0 Å². The van der Waals surface area contributed by atoms with E-state index in [1.165, 1.54) is 16.2 Å². The van der Waals surface area contributed by atoms with Gasteiger partial charge in [-0.3, -0.25) is 9.59 Å². The Morgan fingerprint density at radius 2 is 1.94 bits per heavy atom. The number of thiophene rings is 1. The second-order valence-corrected chi connectivity index (χ2v) is 14.8. The molecule has 0 bridgehead atoms. The Balaban J connectivity index is 1.51. The lowest BCUT2D eigenvalue weighted by molar-refractivity contribution is -0.123. The van der Waals surface area contributed by atoms with E-state index in [4.69, 9.17) is 10.7 Å². The summed E-state index contributed by atoms with van der Waals surface area (Å²) in [5, 5.41) is 3.37. The molecule has 1 aromatic heterocycles. The highest BCUT2D eigenvalue weighted by Crippen LogP contribution is 2.45. The number of primary amides is 1. The number of anilines is 1. The number of guanidine groups is 1. The molecule has 0 radical (unpaired) electrons. The molecule has 1 aromatic carbocycles. The minimum atomic E-state index is -0.837. The van der Waals surface area contributed by atoms with Crippen molar-refractivity contribution in [3.8, 4) is 0 Å². The standard InChI is InChI=1S/C26H33N5O2S2/c1-35(2,3)21-8-6-7-20(16-21)30-26-28-12-5-4-9-22-19(17-29-26)15-23(34-22)25(33)31-13-10-18(11-14-31)24(27)32/h4,6-9,12,15-16,18H,5,10-11,13-14,17H2,1-3H3,(H2,27,32)(H,29,30)/b9-4-,28-12-. The van der Waals surface area contributed by atoms with Crippen LogP contribution in [0.4, 0.5) is 5.69 Å². The summed E-state index contributed by atoms with van der Waals surface area (Å²) in [6.45, 7) is 1.54. The van der Waals surface area contributed by atoms with E-state index in [-0.39, 0.29) is 17.7 Å². The zero-order valence-electron chi connectivity index (χ0n) is 20.5. The lowest BCUT2D eigenvalue weighted by atomic mass is 9.96. The van der Waals surface area contributed by atoms with Gasteiger partial charge in [-0.2, -0.15) is 0 Å². The summed E-state index contributed by atoms with van der Waals surface area (Å²) in [7, 11) is -0.837. The molecule has 2 aliphatic rings. The fourth-order valence-electron chi connectivity index (χ4n) is 4.07. The molecule has 9 heteroatoms. The number of hydrogen-bond donors (Lipinski definition) is 2. The smallest absolute Gasteiger partial charge is 0.263 e. The number of hydrogen-bond acceptors (Lipinski definition) is 6. The molecule has 0 atom stereocenters. The van der Waals surface area contributed by atoms with E-state index >= 15 is 0 Å². The topological polar surface area (TPSA) is 100 Å². The number of amides is 2. The molecule has 4 rings (SSSR count). The minimum Gasteiger partial charge on any atom is -0.369 e. The molecule has 1 saturated heterocycles. The zero-order valence-corrected chi connectivity index (χ0v) is 22.1. The van der Waals surface area contributed by atoms with E-state index < -0.39 is 10.0 Å². The summed E-state index contributed by atoms with van der Waals surface area (Å²) in [5.74, 6) is 0.154. The summed E-state index contributed by atoms with van der Waals surface area (Å²) in [5.41, 5.74) is 7.40. The lowest BCUT2D eigenvalue weighted by Gasteiger charge is -2.30. The van der Waals surface area contributed by atoms with Crippen molar-refractivity contribution >= 4 is 57.1 Å². The maximum Gasteiger partial charge on any atom is 0.263 e. The lowest BCUT2D eigenvalue weighted by Crippen LogP contribution is -2.41. The highest BCUT2D eigenvalue weighted by molar-refractivity contribution is 8.32. The fourth-order valence-corrected chi connectivity index (χ4v) is 6.11. The van der Waals surface area contributed by atoms with Crippen molar-refractivity contribution in [3.05, 3.63) is 51.7 Å². The molecule has 0 aliphatic carbocycles. The minimum absolute atomic E-state index is 0.00812. The average molecular weight is 512 g/mol. The molecular formula is C26H33N5O2S2. The van der Waals surface area contributed by atoms with E-state index in [0.717, 1.165) is 16.1 Å². The van der Waals surface area contributed by atoms with Gasteiger partial charge in [-0.05, 0) is 72.4 Å². The molecule has 1 fully saturated rings. The monoisotopic (exact) mass is 511 g/mol. The number of benzene rings is 1. The quantitative estimate of drug-likeness (QED) is 0.628. The number of aliphatic imine (C=N–C) groups is 2. The van der Waals surface area contributed by atoms with E-state index in [2.05, 4.69) is 53.4 Å². The van der Waals surface area contributed by atoms with Crippen LogP contribution < -0.4 is 11.1 Å². The van der Waals surface area contributed by atoms with E-state index in [9.17, 15) is 9.59 Å². The summed E-state index contributed by atoms with van der Waals surface area (Å²) in [6.07, 6.45) is 14.7. The van der Waals surface area contributed by atoms with E-state index in [0.29, 0.717) is 49.7 Å². The molecule has 7 nitrogen and oxygen atoms in total. The van der Waals surface area contributed by atoms with E-state index in [1.807, 2.05) is 29.3 Å². The van der Waals surface area contributed by atoms with Gasteiger partial charge in [0.1, 0.15) is 0 Å². The van der Waals surface area contributed by atoms with Crippen LogP contribution in [-0.2, 0) is 11.3 Å². The summed E-state index contributed by atoms with van der Waals surface area (Å²) in [6, 6.07) is 10.4. The van der Waals surface area contributed by atoms with Gasteiger partial charge in [0.05, 0.1) is 11.4 Å². The van der Waals surface area contributed by atoms with Crippen LogP contribution in [0.25, 0.3) is 6.08 Å². The maximum absolute atomic E-state index is 13.1. The number of piperidine rings is 1. The largest absolute Gasteiger partial charge is 0.369 e. The number of fused-ring (bicyclic) bond motifs is 1. The zero-order chi connectivity index (χ0) is 25.0. The first-order chi connectivity index (χ1) is 16.7. The number of likely N-dealkylation sites (tertiary alicyclic amines) is 1. The Labute approximate surface area is 212 Å². The Bertz CT molecular complexity index is 1180. The van der Waals surface area contributed by atoms with Gasteiger partial charge in [0.25, 0.3) is 5.91 Å². The third-order valence-electron chi connectivity index (χ3n) is 6.16. The van der Waals surface area contributed by atoms with Gasteiger partial charge < -0.3 is 16.0 Å². The number of nitrogens with two attached hydrogens (primary N) is 1. The molecule has 0 spiro atoms. The predicted octanol–water partition coefficient (Wildman–Crippen LogP) is 4.59. The van der Waals surface area contributed by atoms with Crippen LogP contribution in [0.1, 0.15) is 39.4 Å². The van der Waals surface area contributed by atoms with Crippen molar-refractivity contribution in [2.75, 3.05) is 37.2 Å². The van der Waals surface area contributed by atoms with Gasteiger partial charge in [0, 0.05) is 42.2 Å². The number of carbonyl (C=O) groups is 2. The fraction of sp³-hybridized carbons (Fsp3) is 0.385. The SMILES string of the molecule is CS(C)(C)c1cccc(NC2=N/Cc3cc(C(=O)N4CCC(C(N)=O)CC4)sc3/C=C\C/C=N\2)c1. The van der Waals surface area contributed by atoms with Crippen LogP contribution in [-0.4, -0.2) is 60.7 Å². The Morgan fingerprint density at radius 1 is 1.17 bits per heavy atom. The summed E-state index contributed by atoms with van der Waals surface area (Å²) < 4.78 is 0. The Hall–Kier alpha value is -2.91. The number of allylic oxidation sites excluding steroid dienone is 1. The molecule has 35 heavy (non-hydrogen) atoms. The maximum atomic E-state index is 13.1. The highest BCUT2D eigenvalue weighted by Gasteiger charge is 2.27. The normalized spacial score (nSPS) is 20.8. The summed E-state index contributed by atoms with van der Waals surface area (Å²) in [4.78, 5) is 38.7. The molecule has 2 aromatic rings. The van der Waals surface area contributed by atoms with Gasteiger partial charge in [-0.15, -0.1) is 11.3 Å². The first-order valence-corrected chi connectivity index (χ1v) is 15.4. The van der Waals surface area contributed by atoms with Crippen LogP contribution in [0.5, 0.6) is 0 Å². The van der Waals surface area contributed by atoms with Crippen molar-refractivity contribution in [1.82, 2.24) is 4.90 Å². The third kappa shape index (κ3) is 6.41. The van der Waals surface area contributed by atoms with Crippen LogP contribution in [0.2, 0.25) is 0 Å². The number of carbonyl (C=O) groups excluding carboxylic acids is 2. The summed E-state index contributed by atoms with van der Waals surface area (Å²) >= 11 is 1.49. The molecule has 0 unspecified atom stereocenters. The molecule has 3 N–H and O–H groups in total. The number of nitrogens with zero attached hydrogens (tertiary/aromatic N) is 3. The second-order valence-electron chi connectivity index (χ2n) is 9.55. The van der Waals surface area contributed by atoms with Crippen LogP contribution in [0, 0.1) is 5.92 Å². The molecule has 2 aliphatic heterocycles. The van der Waals surface area contributed by atoms with Gasteiger partial charge >= 0.3 is 0 Å². The first kappa shape index (κ1) is 25.2. The molecule has 0 saturated carbocycles. The predicted molar refractivity (Wildman–Crippen MR) is 149 cm³/mol. The Morgan fingerprint density at radius 3 is 2.66 bits per heavy atom. The molecular weight excluding hydrogens is 478 g/mol. The van der Waals surface area contributed by atoms with Gasteiger partial charge in [0.15, 0.2) is 0 Å². The first-order valence-electron chi connectivity index (χ1n) is 11.7. The highest BCUT2D eigenvalue weighted by atomic mass is 32.3. The third-order valence-corrected chi connectivity index (χ3v) is 8.96. The molecule has 186 valence electrons.